The fraction of sp³-hybridized carbons (Fsp3) is 1.00. The Morgan fingerprint density at radius 2 is 2.25 bits per heavy atom. The number of hydrogen-bond acceptors (Lipinski definition) is 4. The summed E-state index contributed by atoms with van der Waals surface area (Å²) in [5, 5.41) is 22.8. The van der Waals surface area contributed by atoms with Gasteiger partial charge in [-0.1, -0.05) is 13.8 Å². The molecule has 1 fully saturated rings. The van der Waals surface area contributed by atoms with E-state index in [4.69, 9.17) is 4.74 Å². The van der Waals surface area contributed by atoms with Gasteiger partial charge in [0, 0.05) is 38.1 Å². The van der Waals surface area contributed by atoms with Crippen molar-refractivity contribution in [1.29, 1.82) is 0 Å². The van der Waals surface area contributed by atoms with E-state index in [1.807, 2.05) is 13.8 Å². The molecule has 1 aliphatic rings. The zero-order chi connectivity index (χ0) is 12.2. The summed E-state index contributed by atoms with van der Waals surface area (Å²) in [5.74, 6) is 0. The molecule has 96 valence electrons. The zero-order valence-electron chi connectivity index (χ0n) is 10.6. The fourth-order valence-electron chi connectivity index (χ4n) is 1.88. The highest BCUT2D eigenvalue weighted by Crippen LogP contribution is 2.25. The third-order valence-electron chi connectivity index (χ3n) is 3.88. The molecule has 3 unspecified atom stereocenters. The van der Waals surface area contributed by atoms with Crippen LogP contribution in [0.1, 0.15) is 33.6 Å². The Hall–Kier alpha value is -0.160. The maximum atomic E-state index is 10.3. The van der Waals surface area contributed by atoms with Crippen molar-refractivity contribution in [2.75, 3.05) is 26.3 Å². The lowest BCUT2D eigenvalue weighted by molar-refractivity contribution is -0.0281. The Labute approximate surface area is 98.0 Å². The van der Waals surface area contributed by atoms with E-state index < -0.39 is 5.60 Å². The van der Waals surface area contributed by atoms with E-state index in [1.54, 1.807) is 0 Å². The molecule has 0 bridgehead atoms. The predicted octanol–water partition coefficient (Wildman–Crippen LogP) is 0.524. The van der Waals surface area contributed by atoms with Gasteiger partial charge >= 0.3 is 0 Å². The average molecular weight is 231 g/mol. The third kappa shape index (κ3) is 3.17. The maximum Gasteiger partial charge on any atom is 0.105 e. The van der Waals surface area contributed by atoms with E-state index in [2.05, 4.69) is 12.2 Å². The summed E-state index contributed by atoms with van der Waals surface area (Å²) in [6.45, 7) is 8.05. The van der Waals surface area contributed by atoms with Crippen LogP contribution in [0.2, 0.25) is 0 Å². The molecule has 0 aromatic heterocycles. The SMILES string of the molecule is CCC(C)(CO)CNCC1(O)CCOC1C. The van der Waals surface area contributed by atoms with Gasteiger partial charge in [0.15, 0.2) is 0 Å². The Kier molecular flexibility index (Phi) is 4.73. The number of rotatable bonds is 6. The van der Waals surface area contributed by atoms with Crippen LogP contribution >= 0.6 is 0 Å². The predicted molar refractivity (Wildman–Crippen MR) is 63.3 cm³/mol. The van der Waals surface area contributed by atoms with Gasteiger partial charge in [-0.25, -0.2) is 0 Å². The number of hydrogen-bond donors (Lipinski definition) is 3. The van der Waals surface area contributed by atoms with Gasteiger partial charge < -0.3 is 20.3 Å². The standard InChI is InChI=1S/C12H25NO3/c1-4-11(3,9-14)7-13-8-12(15)5-6-16-10(12)2/h10,13-15H,4-9H2,1-3H3. The molecule has 3 atom stereocenters. The van der Waals surface area contributed by atoms with Crippen molar-refractivity contribution < 1.29 is 14.9 Å². The van der Waals surface area contributed by atoms with Crippen LogP contribution in [0.15, 0.2) is 0 Å². The van der Waals surface area contributed by atoms with Crippen LogP contribution in [0, 0.1) is 5.41 Å². The molecule has 0 radical (unpaired) electrons. The first-order valence-electron chi connectivity index (χ1n) is 6.11. The van der Waals surface area contributed by atoms with Crippen LogP contribution in [0.25, 0.3) is 0 Å². The molecule has 16 heavy (non-hydrogen) atoms. The van der Waals surface area contributed by atoms with Gasteiger partial charge in [0.05, 0.1) is 6.10 Å². The van der Waals surface area contributed by atoms with Gasteiger partial charge in [-0.15, -0.1) is 0 Å². The summed E-state index contributed by atoms with van der Waals surface area (Å²) in [6.07, 6.45) is 1.49. The van der Waals surface area contributed by atoms with Crippen molar-refractivity contribution in [2.45, 2.75) is 45.3 Å². The molecule has 0 aliphatic carbocycles. The number of aliphatic hydroxyl groups is 2. The monoisotopic (exact) mass is 231 g/mol. The highest BCUT2D eigenvalue weighted by atomic mass is 16.5. The van der Waals surface area contributed by atoms with Gasteiger partial charge in [-0.2, -0.15) is 0 Å². The van der Waals surface area contributed by atoms with Crippen LogP contribution in [0.5, 0.6) is 0 Å². The quantitative estimate of drug-likeness (QED) is 0.624. The molecule has 0 aromatic rings. The number of ether oxygens (including phenoxy) is 1. The van der Waals surface area contributed by atoms with Crippen LogP contribution in [-0.4, -0.2) is 48.2 Å². The molecule has 0 saturated carbocycles. The molecule has 1 saturated heterocycles. The Morgan fingerprint density at radius 3 is 2.69 bits per heavy atom. The molecule has 0 spiro atoms. The molecule has 0 aromatic carbocycles. The molecule has 4 nitrogen and oxygen atoms in total. The van der Waals surface area contributed by atoms with E-state index in [9.17, 15) is 10.2 Å². The van der Waals surface area contributed by atoms with Gasteiger partial charge in [0.25, 0.3) is 0 Å². The van der Waals surface area contributed by atoms with E-state index >= 15 is 0 Å². The normalized spacial score (nSPS) is 33.9. The van der Waals surface area contributed by atoms with Crippen LogP contribution in [0.4, 0.5) is 0 Å². The topological polar surface area (TPSA) is 61.7 Å². The minimum atomic E-state index is -0.746. The molecule has 3 N–H and O–H groups in total. The smallest absolute Gasteiger partial charge is 0.105 e. The van der Waals surface area contributed by atoms with Gasteiger partial charge in [0.2, 0.25) is 0 Å². The molecule has 1 rings (SSSR count). The summed E-state index contributed by atoms with van der Waals surface area (Å²) in [6, 6.07) is 0. The second-order valence-corrected chi connectivity index (χ2v) is 5.29. The summed E-state index contributed by atoms with van der Waals surface area (Å²) in [5.41, 5.74) is -0.844. The van der Waals surface area contributed by atoms with Crippen molar-refractivity contribution in [1.82, 2.24) is 5.32 Å². The molecule has 0 amide bonds. The summed E-state index contributed by atoms with van der Waals surface area (Å²) < 4.78 is 5.36. The molecular weight excluding hydrogens is 206 g/mol. The van der Waals surface area contributed by atoms with E-state index in [0.717, 1.165) is 13.0 Å². The maximum absolute atomic E-state index is 10.3. The first-order chi connectivity index (χ1) is 7.46. The summed E-state index contributed by atoms with van der Waals surface area (Å²) >= 11 is 0. The van der Waals surface area contributed by atoms with Gasteiger partial charge in [0.1, 0.15) is 5.60 Å². The second-order valence-electron chi connectivity index (χ2n) is 5.29. The van der Waals surface area contributed by atoms with Crippen molar-refractivity contribution in [2.24, 2.45) is 5.41 Å². The lowest BCUT2D eigenvalue weighted by Gasteiger charge is -2.30. The highest BCUT2D eigenvalue weighted by Gasteiger charge is 2.39. The summed E-state index contributed by atoms with van der Waals surface area (Å²) in [4.78, 5) is 0. The first-order valence-corrected chi connectivity index (χ1v) is 6.11. The zero-order valence-corrected chi connectivity index (χ0v) is 10.6. The van der Waals surface area contributed by atoms with Gasteiger partial charge in [-0.3, -0.25) is 0 Å². The molecule has 4 heteroatoms. The largest absolute Gasteiger partial charge is 0.396 e. The third-order valence-corrected chi connectivity index (χ3v) is 3.88. The van der Waals surface area contributed by atoms with E-state index in [0.29, 0.717) is 19.6 Å². The second kappa shape index (κ2) is 5.45. The van der Waals surface area contributed by atoms with E-state index in [-0.39, 0.29) is 18.1 Å². The first kappa shape index (κ1) is 13.9. The fourth-order valence-corrected chi connectivity index (χ4v) is 1.88. The van der Waals surface area contributed by atoms with Crippen LogP contribution in [0.3, 0.4) is 0 Å². The lowest BCUT2D eigenvalue weighted by atomic mass is 9.88. The summed E-state index contributed by atoms with van der Waals surface area (Å²) in [7, 11) is 0. The highest BCUT2D eigenvalue weighted by molar-refractivity contribution is 4.92. The van der Waals surface area contributed by atoms with Crippen molar-refractivity contribution in [3.05, 3.63) is 0 Å². The average Bonchev–Trinajstić information content (AvgIpc) is 2.59. The minimum absolute atomic E-state index is 0.0982. The Morgan fingerprint density at radius 1 is 1.56 bits per heavy atom. The van der Waals surface area contributed by atoms with Crippen LogP contribution in [-0.2, 0) is 4.74 Å². The van der Waals surface area contributed by atoms with Crippen LogP contribution < -0.4 is 5.32 Å². The Balaban J connectivity index is 2.35. The van der Waals surface area contributed by atoms with Crippen molar-refractivity contribution >= 4 is 0 Å². The Bertz CT molecular complexity index is 218. The number of aliphatic hydroxyl groups excluding tert-OH is 1. The van der Waals surface area contributed by atoms with E-state index in [1.165, 1.54) is 0 Å². The van der Waals surface area contributed by atoms with Crippen molar-refractivity contribution in [3.63, 3.8) is 0 Å². The minimum Gasteiger partial charge on any atom is -0.396 e. The molecule has 1 aliphatic heterocycles. The number of nitrogens with one attached hydrogen (secondary N) is 1. The van der Waals surface area contributed by atoms with Crippen molar-refractivity contribution in [3.8, 4) is 0 Å². The van der Waals surface area contributed by atoms with Gasteiger partial charge in [-0.05, 0) is 13.3 Å². The molecular formula is C12H25NO3. The molecule has 1 heterocycles. The lowest BCUT2D eigenvalue weighted by Crippen LogP contribution is -2.48.